The van der Waals surface area contributed by atoms with E-state index in [1.165, 1.54) is 5.57 Å². The Hall–Kier alpha value is -1.51. The van der Waals surface area contributed by atoms with Crippen molar-refractivity contribution in [3.63, 3.8) is 0 Å². The highest BCUT2D eigenvalue weighted by atomic mass is 16.4. The first-order chi connectivity index (χ1) is 7.99. The summed E-state index contributed by atoms with van der Waals surface area (Å²) in [5.41, 5.74) is 1.35. The minimum atomic E-state index is -0.327. The zero-order valence-corrected chi connectivity index (χ0v) is 10.9. The molecule has 1 N–H and O–H groups in total. The van der Waals surface area contributed by atoms with Crippen molar-refractivity contribution in [2.24, 2.45) is 5.92 Å². The molecule has 1 unspecified atom stereocenters. The van der Waals surface area contributed by atoms with Gasteiger partial charge in [-0.25, -0.2) is 4.79 Å². The van der Waals surface area contributed by atoms with Crippen molar-refractivity contribution in [1.29, 1.82) is 0 Å². The van der Waals surface area contributed by atoms with Crippen molar-refractivity contribution in [3.05, 3.63) is 33.0 Å². The van der Waals surface area contributed by atoms with Gasteiger partial charge in [-0.15, -0.1) is 0 Å². The Morgan fingerprint density at radius 1 is 1.53 bits per heavy atom. The maximum atomic E-state index is 11.3. The largest absolute Gasteiger partial charge is 0.406 e. The van der Waals surface area contributed by atoms with Crippen LogP contribution in [0.1, 0.15) is 40.0 Å². The molecule has 0 bridgehead atoms. The predicted octanol–water partition coefficient (Wildman–Crippen LogP) is 1.93. The van der Waals surface area contributed by atoms with Crippen LogP contribution in [0.5, 0.6) is 0 Å². The van der Waals surface area contributed by atoms with Gasteiger partial charge in [-0.2, -0.15) is 0 Å². The van der Waals surface area contributed by atoms with E-state index in [4.69, 9.17) is 4.42 Å². The van der Waals surface area contributed by atoms with E-state index in [1.54, 1.807) is 0 Å². The molecule has 1 rings (SSSR count). The molecule has 1 aromatic heterocycles. The normalized spacial score (nSPS) is 13.7. The first-order valence-electron chi connectivity index (χ1n) is 6.00. The number of aromatic amines is 1. The van der Waals surface area contributed by atoms with Crippen molar-refractivity contribution >= 4 is 12.7 Å². The fourth-order valence-corrected chi connectivity index (χ4v) is 1.62. The second kappa shape index (κ2) is 6.28. The molecular weight excluding hydrogens is 214 g/mol. The molecule has 1 aromatic rings. The van der Waals surface area contributed by atoms with Gasteiger partial charge < -0.3 is 9.40 Å². The topological polar surface area (TPSA) is 46.0 Å². The minimum Gasteiger partial charge on any atom is -0.406 e. The van der Waals surface area contributed by atoms with Crippen molar-refractivity contribution in [3.8, 4) is 0 Å². The zero-order valence-electron chi connectivity index (χ0n) is 10.9. The van der Waals surface area contributed by atoms with E-state index in [1.807, 2.05) is 6.08 Å². The summed E-state index contributed by atoms with van der Waals surface area (Å²) in [5, 5.41) is 0.518. The van der Waals surface area contributed by atoms with Crippen molar-refractivity contribution in [2.45, 2.75) is 40.0 Å². The Kier molecular flexibility index (Phi) is 5.01. The van der Waals surface area contributed by atoms with Crippen LogP contribution in [-0.4, -0.2) is 4.98 Å². The fourth-order valence-electron chi connectivity index (χ4n) is 1.62. The third-order valence-electron chi connectivity index (χ3n) is 2.65. The van der Waals surface area contributed by atoms with E-state index >= 15 is 0 Å². The lowest BCUT2D eigenvalue weighted by Gasteiger charge is -2.05. The third kappa shape index (κ3) is 4.89. The molecule has 0 radical (unpaired) electrons. The number of rotatable bonds is 5. The Balaban J connectivity index is 2.53. The number of H-pyrrole nitrogens is 1. The summed E-state index contributed by atoms with van der Waals surface area (Å²) in [5.74, 6) is 0.557. The SMILES string of the molecule is C=c1[nH]/c(=C\CC(C)CCC=C(C)C)c(=O)o1. The third-order valence-corrected chi connectivity index (χ3v) is 2.65. The molecule has 0 aliphatic carbocycles. The highest BCUT2D eigenvalue weighted by Gasteiger charge is 2.00. The summed E-state index contributed by atoms with van der Waals surface area (Å²) in [6.07, 6.45) is 7.24. The number of nitrogens with one attached hydrogen (secondary N) is 1. The summed E-state index contributed by atoms with van der Waals surface area (Å²) in [7, 11) is 0. The highest BCUT2D eigenvalue weighted by molar-refractivity contribution is 5.17. The van der Waals surface area contributed by atoms with Gasteiger partial charge in [0.2, 0.25) is 0 Å². The van der Waals surface area contributed by atoms with Crippen LogP contribution in [0.4, 0.5) is 0 Å². The Morgan fingerprint density at radius 2 is 2.24 bits per heavy atom. The smallest absolute Gasteiger partial charge is 0.361 e. The van der Waals surface area contributed by atoms with Crippen molar-refractivity contribution in [1.82, 2.24) is 4.98 Å². The standard InChI is InChI=1S/C14H21NO2/c1-10(2)6-5-7-11(3)8-9-13-14(16)17-12(4)15-13/h6,9,11,15H,4-5,7-8H2,1-3H3/b13-9-. The van der Waals surface area contributed by atoms with Crippen LogP contribution in [0, 0.1) is 5.92 Å². The van der Waals surface area contributed by atoms with Gasteiger partial charge >= 0.3 is 5.63 Å². The van der Waals surface area contributed by atoms with E-state index in [0.29, 0.717) is 16.8 Å². The first-order valence-corrected chi connectivity index (χ1v) is 6.00. The van der Waals surface area contributed by atoms with Gasteiger partial charge in [0, 0.05) is 0 Å². The average molecular weight is 235 g/mol. The summed E-state index contributed by atoms with van der Waals surface area (Å²) in [6, 6.07) is 0. The quantitative estimate of drug-likeness (QED) is 0.793. The zero-order chi connectivity index (χ0) is 12.8. The number of aromatic nitrogens is 1. The lowest BCUT2D eigenvalue weighted by Crippen LogP contribution is -2.21. The molecule has 0 aliphatic heterocycles. The maximum absolute atomic E-state index is 11.3. The first kappa shape index (κ1) is 13.6. The molecule has 0 spiro atoms. The monoisotopic (exact) mass is 235 g/mol. The van der Waals surface area contributed by atoms with Gasteiger partial charge in [-0.1, -0.05) is 24.6 Å². The van der Waals surface area contributed by atoms with Crippen LogP contribution in [0.2, 0.25) is 0 Å². The lowest BCUT2D eigenvalue weighted by atomic mass is 10.0. The van der Waals surface area contributed by atoms with Crippen LogP contribution in [0.3, 0.4) is 0 Å². The van der Waals surface area contributed by atoms with E-state index in [9.17, 15) is 4.79 Å². The number of hydrogen-bond acceptors (Lipinski definition) is 2. The molecule has 0 aromatic carbocycles. The summed E-state index contributed by atoms with van der Waals surface area (Å²) in [4.78, 5) is 14.1. The van der Waals surface area contributed by atoms with Gasteiger partial charge in [-0.3, -0.25) is 0 Å². The molecule has 0 aliphatic rings. The van der Waals surface area contributed by atoms with E-state index in [0.717, 1.165) is 19.3 Å². The van der Waals surface area contributed by atoms with Crippen LogP contribution in [0.25, 0.3) is 12.7 Å². The van der Waals surface area contributed by atoms with Crippen LogP contribution < -0.4 is 16.5 Å². The van der Waals surface area contributed by atoms with Crippen molar-refractivity contribution < 1.29 is 4.42 Å². The Labute approximate surface area is 102 Å². The van der Waals surface area contributed by atoms with Crippen molar-refractivity contribution in [2.75, 3.05) is 0 Å². The number of allylic oxidation sites excluding steroid dienone is 2. The maximum Gasteiger partial charge on any atom is 0.361 e. The second-order valence-corrected chi connectivity index (χ2v) is 4.76. The minimum absolute atomic E-state index is 0.318. The van der Waals surface area contributed by atoms with E-state index < -0.39 is 0 Å². The number of hydrogen-bond donors (Lipinski definition) is 1. The highest BCUT2D eigenvalue weighted by Crippen LogP contribution is 2.11. The van der Waals surface area contributed by atoms with Crippen LogP contribution in [-0.2, 0) is 0 Å². The van der Waals surface area contributed by atoms with Gasteiger partial charge in [0.15, 0.2) is 5.55 Å². The molecule has 3 nitrogen and oxygen atoms in total. The molecular formula is C14H21NO2. The number of oxazole rings is 1. The lowest BCUT2D eigenvalue weighted by molar-refractivity contribution is 0.488. The second-order valence-electron chi connectivity index (χ2n) is 4.76. The molecule has 0 saturated carbocycles. The summed E-state index contributed by atoms with van der Waals surface area (Å²) in [6.45, 7) is 9.95. The molecule has 3 heteroatoms. The fraction of sp³-hybridized carbons (Fsp3) is 0.500. The van der Waals surface area contributed by atoms with Crippen LogP contribution >= 0.6 is 0 Å². The molecule has 0 saturated heterocycles. The average Bonchev–Trinajstić information content (AvgIpc) is 2.54. The molecule has 94 valence electrons. The Bertz CT molecular complexity index is 529. The molecule has 0 fully saturated rings. The van der Waals surface area contributed by atoms with Gasteiger partial charge in [-0.05, 0) is 45.6 Å². The molecule has 0 amide bonds. The van der Waals surface area contributed by atoms with Gasteiger partial charge in [0.05, 0.1) is 0 Å². The molecule has 17 heavy (non-hydrogen) atoms. The molecule has 1 heterocycles. The van der Waals surface area contributed by atoms with E-state index in [2.05, 4.69) is 38.4 Å². The van der Waals surface area contributed by atoms with E-state index in [-0.39, 0.29) is 5.63 Å². The Morgan fingerprint density at radius 3 is 2.76 bits per heavy atom. The van der Waals surface area contributed by atoms with Gasteiger partial charge in [0.25, 0.3) is 0 Å². The summed E-state index contributed by atoms with van der Waals surface area (Å²) >= 11 is 0. The molecule has 1 atom stereocenters. The summed E-state index contributed by atoms with van der Waals surface area (Å²) < 4.78 is 4.80. The van der Waals surface area contributed by atoms with Crippen LogP contribution in [0.15, 0.2) is 20.9 Å². The predicted molar refractivity (Wildman–Crippen MR) is 71.0 cm³/mol. The van der Waals surface area contributed by atoms with Gasteiger partial charge in [0.1, 0.15) is 5.35 Å².